The molecular weight excluding hydrogens is 292 g/mol. The van der Waals surface area contributed by atoms with Crippen LogP contribution in [0.3, 0.4) is 0 Å². The summed E-state index contributed by atoms with van der Waals surface area (Å²) in [6.07, 6.45) is -0.488. The molecule has 0 radical (unpaired) electrons. The summed E-state index contributed by atoms with van der Waals surface area (Å²) < 4.78 is 13.4. The number of hydrogen-bond acceptors (Lipinski definition) is 2. The molecule has 0 bridgehead atoms. The summed E-state index contributed by atoms with van der Waals surface area (Å²) in [7, 11) is 0. The van der Waals surface area contributed by atoms with Gasteiger partial charge in [0.2, 0.25) is 0 Å². The molecule has 0 spiro atoms. The molecule has 2 aromatic rings. The van der Waals surface area contributed by atoms with E-state index in [1.165, 1.54) is 6.07 Å². The number of halogens is 3. The summed E-state index contributed by atoms with van der Waals surface area (Å²) in [4.78, 5) is 14.6. The zero-order valence-electron chi connectivity index (χ0n) is 9.53. The lowest BCUT2D eigenvalue weighted by molar-refractivity contribution is -0.136. The predicted molar refractivity (Wildman–Crippen MR) is 71.0 cm³/mol. The van der Waals surface area contributed by atoms with E-state index in [1.54, 1.807) is 18.2 Å². The monoisotopic (exact) mass is 299 g/mol. The number of carboxylic acids is 1. The van der Waals surface area contributed by atoms with E-state index in [4.69, 9.17) is 28.3 Å². The van der Waals surface area contributed by atoms with Crippen LogP contribution < -0.4 is 0 Å². The van der Waals surface area contributed by atoms with E-state index in [-0.39, 0.29) is 5.69 Å². The van der Waals surface area contributed by atoms with Crippen molar-refractivity contribution in [3.63, 3.8) is 0 Å². The van der Waals surface area contributed by atoms with E-state index in [1.807, 2.05) is 0 Å². The van der Waals surface area contributed by atoms with Crippen LogP contribution >= 0.6 is 23.2 Å². The van der Waals surface area contributed by atoms with Crippen molar-refractivity contribution >= 4 is 29.2 Å². The SMILES string of the molecule is O=C(O)Cc1nc(-c2cccc(Cl)c2Cl)ccc1F. The van der Waals surface area contributed by atoms with Crippen molar-refractivity contribution < 1.29 is 14.3 Å². The molecule has 1 aromatic heterocycles. The summed E-state index contributed by atoms with van der Waals surface area (Å²) in [6.45, 7) is 0. The van der Waals surface area contributed by atoms with Gasteiger partial charge >= 0.3 is 5.97 Å². The van der Waals surface area contributed by atoms with Crippen LogP contribution in [-0.2, 0) is 11.2 Å². The van der Waals surface area contributed by atoms with E-state index in [0.29, 0.717) is 21.3 Å². The summed E-state index contributed by atoms with van der Waals surface area (Å²) in [5.41, 5.74) is 0.770. The molecule has 1 heterocycles. The number of hydrogen-bond donors (Lipinski definition) is 1. The molecule has 0 amide bonds. The zero-order valence-corrected chi connectivity index (χ0v) is 11.0. The fourth-order valence-electron chi connectivity index (χ4n) is 1.60. The largest absolute Gasteiger partial charge is 0.481 e. The van der Waals surface area contributed by atoms with E-state index < -0.39 is 18.2 Å². The third-order valence-corrected chi connectivity index (χ3v) is 3.28. The molecule has 0 unspecified atom stereocenters. The van der Waals surface area contributed by atoms with Crippen molar-refractivity contribution in [2.24, 2.45) is 0 Å². The number of carboxylic acid groups (broad SMARTS) is 1. The molecular formula is C13H8Cl2FNO2. The molecule has 0 aliphatic heterocycles. The van der Waals surface area contributed by atoms with Gasteiger partial charge in [-0.2, -0.15) is 0 Å². The average molecular weight is 300 g/mol. The lowest BCUT2D eigenvalue weighted by atomic mass is 10.1. The summed E-state index contributed by atoms with van der Waals surface area (Å²) in [6, 6.07) is 7.58. The first-order valence-corrected chi connectivity index (χ1v) is 6.06. The molecule has 0 aliphatic rings. The number of benzene rings is 1. The third kappa shape index (κ3) is 3.03. The van der Waals surface area contributed by atoms with E-state index >= 15 is 0 Å². The standard InChI is InChI=1S/C13H8Cl2FNO2/c14-8-3-1-2-7(13(8)15)10-5-4-9(16)11(17-10)6-12(18)19/h1-5H,6H2,(H,18,19). The first kappa shape index (κ1) is 13.8. The van der Waals surface area contributed by atoms with Gasteiger partial charge in [0.25, 0.3) is 0 Å². The minimum atomic E-state index is -1.15. The maximum absolute atomic E-state index is 13.4. The molecule has 0 aliphatic carbocycles. The molecule has 0 saturated heterocycles. The molecule has 19 heavy (non-hydrogen) atoms. The topological polar surface area (TPSA) is 50.2 Å². The lowest BCUT2D eigenvalue weighted by Gasteiger charge is -2.07. The quantitative estimate of drug-likeness (QED) is 0.937. The van der Waals surface area contributed by atoms with Crippen molar-refractivity contribution in [3.05, 3.63) is 51.9 Å². The summed E-state index contributed by atoms with van der Waals surface area (Å²) in [5, 5.41) is 9.35. The molecule has 3 nitrogen and oxygen atoms in total. The predicted octanol–water partition coefficient (Wildman–Crippen LogP) is 3.82. The van der Waals surface area contributed by atoms with E-state index in [2.05, 4.69) is 4.98 Å². The molecule has 6 heteroatoms. The van der Waals surface area contributed by atoms with Gasteiger partial charge in [0.15, 0.2) is 0 Å². The van der Waals surface area contributed by atoms with Crippen LogP contribution in [0.2, 0.25) is 10.0 Å². The van der Waals surface area contributed by atoms with E-state index in [0.717, 1.165) is 6.07 Å². The van der Waals surface area contributed by atoms with Gasteiger partial charge in [-0.25, -0.2) is 9.37 Å². The van der Waals surface area contributed by atoms with Crippen LogP contribution in [0.1, 0.15) is 5.69 Å². The average Bonchev–Trinajstić information content (AvgIpc) is 2.35. The molecule has 1 aromatic carbocycles. The molecule has 0 saturated carbocycles. The number of pyridine rings is 1. The Morgan fingerprint density at radius 1 is 1.26 bits per heavy atom. The van der Waals surface area contributed by atoms with Gasteiger partial charge in [-0.05, 0) is 18.2 Å². The second-order valence-electron chi connectivity index (χ2n) is 3.80. The Kier molecular flexibility index (Phi) is 4.02. The van der Waals surface area contributed by atoms with Crippen molar-refractivity contribution in [2.75, 3.05) is 0 Å². The first-order valence-electron chi connectivity index (χ1n) is 5.30. The minimum absolute atomic E-state index is 0.138. The van der Waals surface area contributed by atoms with Gasteiger partial charge in [0, 0.05) is 5.56 Å². The molecule has 98 valence electrons. The Bertz CT molecular complexity index is 647. The lowest BCUT2D eigenvalue weighted by Crippen LogP contribution is -2.05. The van der Waals surface area contributed by atoms with Gasteiger partial charge in [0.05, 0.1) is 27.9 Å². The minimum Gasteiger partial charge on any atom is -0.481 e. The van der Waals surface area contributed by atoms with Crippen molar-refractivity contribution in [3.8, 4) is 11.3 Å². The van der Waals surface area contributed by atoms with Crippen LogP contribution in [0.15, 0.2) is 30.3 Å². The number of aliphatic carboxylic acids is 1. The highest BCUT2D eigenvalue weighted by Gasteiger charge is 2.13. The van der Waals surface area contributed by atoms with Crippen molar-refractivity contribution in [1.82, 2.24) is 4.98 Å². The number of nitrogens with zero attached hydrogens (tertiary/aromatic N) is 1. The maximum Gasteiger partial charge on any atom is 0.309 e. The van der Waals surface area contributed by atoms with Gasteiger partial charge in [-0.1, -0.05) is 35.3 Å². The van der Waals surface area contributed by atoms with E-state index in [9.17, 15) is 9.18 Å². The normalized spacial score (nSPS) is 10.5. The number of rotatable bonds is 3. The summed E-state index contributed by atoms with van der Waals surface area (Å²) >= 11 is 11.9. The Morgan fingerprint density at radius 3 is 2.68 bits per heavy atom. The molecule has 2 rings (SSSR count). The van der Waals surface area contributed by atoms with Crippen molar-refractivity contribution in [1.29, 1.82) is 0 Å². The zero-order chi connectivity index (χ0) is 14.0. The molecule has 0 atom stereocenters. The van der Waals surface area contributed by atoms with Crippen LogP contribution in [-0.4, -0.2) is 16.1 Å². The highest BCUT2D eigenvalue weighted by molar-refractivity contribution is 6.43. The number of carbonyl (C=O) groups is 1. The second-order valence-corrected chi connectivity index (χ2v) is 4.58. The molecule has 0 fully saturated rings. The highest BCUT2D eigenvalue weighted by Crippen LogP contribution is 2.32. The van der Waals surface area contributed by atoms with Gasteiger partial charge in [0.1, 0.15) is 5.82 Å². The second kappa shape index (κ2) is 5.55. The maximum atomic E-state index is 13.4. The van der Waals surface area contributed by atoms with Crippen LogP contribution in [0, 0.1) is 5.82 Å². The fraction of sp³-hybridized carbons (Fsp3) is 0.0769. The Balaban J connectivity index is 2.51. The van der Waals surface area contributed by atoms with Crippen LogP contribution in [0.25, 0.3) is 11.3 Å². The Hall–Kier alpha value is -1.65. The van der Waals surface area contributed by atoms with Crippen LogP contribution in [0.5, 0.6) is 0 Å². The third-order valence-electron chi connectivity index (χ3n) is 2.46. The first-order chi connectivity index (χ1) is 8.99. The van der Waals surface area contributed by atoms with Gasteiger partial charge in [-0.3, -0.25) is 4.79 Å². The van der Waals surface area contributed by atoms with Gasteiger partial charge in [-0.15, -0.1) is 0 Å². The summed E-state index contributed by atoms with van der Waals surface area (Å²) in [5.74, 6) is -1.81. The molecule has 1 N–H and O–H groups in total. The Labute approximate surface area is 118 Å². The highest BCUT2D eigenvalue weighted by atomic mass is 35.5. The van der Waals surface area contributed by atoms with Gasteiger partial charge < -0.3 is 5.11 Å². The fourth-order valence-corrected chi connectivity index (χ4v) is 2.00. The van der Waals surface area contributed by atoms with Crippen LogP contribution in [0.4, 0.5) is 4.39 Å². The van der Waals surface area contributed by atoms with Crippen molar-refractivity contribution in [2.45, 2.75) is 6.42 Å². The Morgan fingerprint density at radius 2 is 2.00 bits per heavy atom. The number of aromatic nitrogens is 1. The smallest absolute Gasteiger partial charge is 0.309 e.